The molecule has 0 radical (unpaired) electrons. The molecule has 5 nitrogen and oxygen atoms in total. The van der Waals surface area contributed by atoms with Crippen molar-refractivity contribution in [2.24, 2.45) is 0 Å². The summed E-state index contributed by atoms with van der Waals surface area (Å²) in [6, 6.07) is 14.3. The van der Waals surface area contributed by atoms with Crippen molar-refractivity contribution < 1.29 is 13.2 Å². The molecule has 23 heavy (non-hydrogen) atoms. The van der Waals surface area contributed by atoms with Gasteiger partial charge in [0, 0.05) is 11.9 Å². The number of nitrogens with one attached hydrogen (secondary N) is 1. The number of methoxy groups -OCH3 is 1. The Morgan fingerprint density at radius 1 is 1.26 bits per heavy atom. The van der Waals surface area contributed by atoms with Gasteiger partial charge < -0.3 is 10.1 Å². The predicted molar refractivity (Wildman–Crippen MR) is 89.0 cm³/mol. The van der Waals surface area contributed by atoms with Gasteiger partial charge in [0.1, 0.15) is 11.8 Å². The third kappa shape index (κ3) is 3.83. The Labute approximate surface area is 139 Å². The van der Waals surface area contributed by atoms with Crippen LogP contribution in [-0.2, 0) is 9.84 Å². The average Bonchev–Trinajstić information content (AvgIpc) is 2.56. The van der Waals surface area contributed by atoms with Crippen molar-refractivity contribution in [3.8, 4) is 11.8 Å². The summed E-state index contributed by atoms with van der Waals surface area (Å²) in [6.45, 7) is 0. The predicted octanol–water partition coefficient (Wildman–Crippen LogP) is 3.60. The number of hydrogen-bond donors (Lipinski definition) is 1. The molecule has 118 valence electrons. The molecule has 0 saturated heterocycles. The lowest BCUT2D eigenvalue weighted by molar-refractivity contribution is 0.415. The van der Waals surface area contributed by atoms with Gasteiger partial charge in [-0.05, 0) is 30.3 Å². The highest BCUT2D eigenvalue weighted by Crippen LogP contribution is 2.27. The van der Waals surface area contributed by atoms with Crippen molar-refractivity contribution in [2.75, 3.05) is 12.4 Å². The Balaban J connectivity index is 2.30. The van der Waals surface area contributed by atoms with E-state index in [0.29, 0.717) is 16.5 Å². The van der Waals surface area contributed by atoms with E-state index in [1.807, 2.05) is 0 Å². The molecule has 0 atom stereocenters. The van der Waals surface area contributed by atoms with Gasteiger partial charge in [0.05, 0.1) is 17.0 Å². The van der Waals surface area contributed by atoms with Crippen molar-refractivity contribution in [3.05, 3.63) is 64.7 Å². The van der Waals surface area contributed by atoms with Crippen LogP contribution in [0, 0.1) is 11.3 Å². The average molecular weight is 349 g/mol. The smallest absolute Gasteiger partial charge is 0.218 e. The van der Waals surface area contributed by atoms with Crippen molar-refractivity contribution in [2.45, 2.75) is 4.90 Å². The largest absolute Gasteiger partial charge is 0.495 e. The molecule has 0 amide bonds. The molecule has 2 aromatic rings. The number of allylic oxidation sites excluding steroid dienone is 1. The molecule has 2 rings (SSSR count). The minimum Gasteiger partial charge on any atom is -0.495 e. The molecule has 7 heteroatoms. The Hall–Kier alpha value is -2.49. The van der Waals surface area contributed by atoms with Gasteiger partial charge in [-0.3, -0.25) is 0 Å². The van der Waals surface area contributed by atoms with Crippen molar-refractivity contribution in [1.82, 2.24) is 0 Å². The lowest BCUT2D eigenvalue weighted by Crippen LogP contribution is -2.05. The molecular weight excluding hydrogens is 336 g/mol. The highest BCUT2D eigenvalue weighted by atomic mass is 35.5. The SMILES string of the molecule is COc1ccc(NC=C(C#N)S(=O)(=O)c2ccccc2)cc1Cl. The lowest BCUT2D eigenvalue weighted by atomic mass is 10.3. The molecule has 0 aliphatic carbocycles. The monoisotopic (exact) mass is 348 g/mol. The van der Waals surface area contributed by atoms with E-state index >= 15 is 0 Å². The first-order valence-electron chi connectivity index (χ1n) is 6.49. The number of nitriles is 1. The minimum atomic E-state index is -3.86. The third-order valence-corrected chi connectivity index (χ3v) is 4.95. The maximum atomic E-state index is 12.4. The maximum Gasteiger partial charge on any atom is 0.218 e. The van der Waals surface area contributed by atoms with Crippen molar-refractivity contribution in [3.63, 3.8) is 0 Å². The summed E-state index contributed by atoms with van der Waals surface area (Å²) >= 11 is 6.00. The van der Waals surface area contributed by atoms with E-state index in [1.165, 1.54) is 19.2 Å². The highest BCUT2D eigenvalue weighted by molar-refractivity contribution is 7.95. The molecule has 0 spiro atoms. The van der Waals surface area contributed by atoms with Crippen LogP contribution < -0.4 is 10.1 Å². The number of halogens is 1. The van der Waals surface area contributed by atoms with Crippen LogP contribution in [0.4, 0.5) is 5.69 Å². The minimum absolute atomic E-state index is 0.0577. The molecule has 0 fully saturated rings. The number of sulfone groups is 1. The molecular formula is C16H13ClN2O3S. The summed E-state index contributed by atoms with van der Waals surface area (Å²) in [5.41, 5.74) is 0.534. The van der Waals surface area contributed by atoms with Crippen LogP contribution in [0.25, 0.3) is 0 Å². The molecule has 0 aromatic heterocycles. The Kier molecular flexibility index (Phi) is 5.27. The number of hydrogen-bond acceptors (Lipinski definition) is 5. The standard InChI is InChI=1S/C16H13ClN2O3S/c1-22-16-8-7-12(9-15(16)17)19-11-14(10-18)23(20,21)13-5-3-2-4-6-13/h2-9,11,19H,1H3. The summed E-state index contributed by atoms with van der Waals surface area (Å²) in [5.74, 6) is 0.499. The number of rotatable bonds is 5. The van der Waals surface area contributed by atoms with E-state index in [1.54, 1.807) is 42.5 Å². The Bertz CT molecular complexity index is 872. The van der Waals surface area contributed by atoms with Crippen LogP contribution in [0.2, 0.25) is 5.02 Å². The Morgan fingerprint density at radius 2 is 1.96 bits per heavy atom. The summed E-state index contributed by atoms with van der Waals surface area (Å²) in [5, 5.41) is 12.3. The number of ether oxygens (including phenoxy) is 1. The van der Waals surface area contributed by atoms with Crippen molar-refractivity contribution in [1.29, 1.82) is 5.26 Å². The first kappa shape index (κ1) is 16.9. The van der Waals surface area contributed by atoms with E-state index < -0.39 is 14.7 Å². The lowest BCUT2D eigenvalue weighted by Gasteiger charge is -2.07. The fourth-order valence-electron chi connectivity index (χ4n) is 1.80. The first-order valence-corrected chi connectivity index (χ1v) is 8.35. The zero-order chi connectivity index (χ0) is 16.9. The van der Waals surface area contributed by atoms with Gasteiger partial charge in [0.25, 0.3) is 0 Å². The normalized spacial score (nSPS) is 11.6. The first-order chi connectivity index (χ1) is 11.0. The van der Waals surface area contributed by atoms with E-state index in [0.717, 1.165) is 6.20 Å². The second-order valence-electron chi connectivity index (χ2n) is 4.43. The molecule has 0 aliphatic heterocycles. The van der Waals surface area contributed by atoms with Crippen LogP contribution in [0.15, 0.2) is 64.5 Å². The summed E-state index contributed by atoms with van der Waals surface area (Å²) < 4.78 is 29.8. The van der Waals surface area contributed by atoms with Crippen LogP contribution in [0.1, 0.15) is 0 Å². The molecule has 0 saturated carbocycles. The summed E-state index contributed by atoms with van der Waals surface area (Å²) in [6.07, 6.45) is 1.14. The Morgan fingerprint density at radius 3 is 2.52 bits per heavy atom. The number of nitrogens with zero attached hydrogens (tertiary/aromatic N) is 1. The second kappa shape index (κ2) is 7.18. The van der Waals surface area contributed by atoms with Gasteiger partial charge in [0.15, 0.2) is 4.91 Å². The number of anilines is 1. The van der Waals surface area contributed by atoms with Gasteiger partial charge in [0.2, 0.25) is 9.84 Å². The molecule has 2 aromatic carbocycles. The topological polar surface area (TPSA) is 79.2 Å². The van der Waals surface area contributed by atoms with Gasteiger partial charge in [-0.2, -0.15) is 5.26 Å². The fourth-order valence-corrected chi connectivity index (χ4v) is 3.16. The van der Waals surface area contributed by atoms with Crippen LogP contribution in [-0.4, -0.2) is 15.5 Å². The van der Waals surface area contributed by atoms with Crippen molar-refractivity contribution >= 4 is 27.1 Å². The van der Waals surface area contributed by atoms with E-state index in [4.69, 9.17) is 21.6 Å². The summed E-state index contributed by atoms with van der Waals surface area (Å²) in [7, 11) is -2.37. The molecule has 0 bridgehead atoms. The quantitative estimate of drug-likeness (QED) is 0.835. The second-order valence-corrected chi connectivity index (χ2v) is 6.76. The zero-order valence-corrected chi connectivity index (χ0v) is 13.7. The molecule has 0 unspecified atom stereocenters. The number of benzene rings is 2. The highest BCUT2D eigenvalue weighted by Gasteiger charge is 2.20. The molecule has 0 aliphatic rings. The van der Waals surface area contributed by atoms with Gasteiger partial charge in [-0.15, -0.1) is 0 Å². The van der Waals surface area contributed by atoms with Crippen LogP contribution in [0.5, 0.6) is 5.75 Å². The van der Waals surface area contributed by atoms with E-state index in [9.17, 15) is 8.42 Å². The molecule has 1 N–H and O–H groups in total. The maximum absolute atomic E-state index is 12.4. The van der Waals surface area contributed by atoms with Gasteiger partial charge in [-0.25, -0.2) is 8.42 Å². The molecule has 0 heterocycles. The van der Waals surface area contributed by atoms with E-state index in [2.05, 4.69) is 5.32 Å². The van der Waals surface area contributed by atoms with E-state index in [-0.39, 0.29) is 4.90 Å². The summed E-state index contributed by atoms with van der Waals surface area (Å²) in [4.78, 5) is -0.335. The van der Waals surface area contributed by atoms with Crippen LogP contribution >= 0.6 is 11.6 Å². The van der Waals surface area contributed by atoms with Gasteiger partial charge in [-0.1, -0.05) is 29.8 Å². The fraction of sp³-hybridized carbons (Fsp3) is 0.0625. The zero-order valence-electron chi connectivity index (χ0n) is 12.2. The third-order valence-electron chi connectivity index (χ3n) is 2.97. The van der Waals surface area contributed by atoms with Gasteiger partial charge >= 0.3 is 0 Å². The van der Waals surface area contributed by atoms with Crippen LogP contribution in [0.3, 0.4) is 0 Å².